The van der Waals surface area contributed by atoms with Gasteiger partial charge in [0.2, 0.25) is 0 Å². The largest absolute Gasteiger partial charge is 0.434 e. The van der Waals surface area contributed by atoms with E-state index in [9.17, 15) is 13.2 Å². The normalized spacial score (nSPS) is 12.3. The summed E-state index contributed by atoms with van der Waals surface area (Å²) in [5.41, 5.74) is -0.559. The molecular formula is C8H7F3N2. The Labute approximate surface area is 73.1 Å². The molecule has 2 nitrogen and oxygen atoms in total. The molecule has 0 bridgehead atoms. The van der Waals surface area contributed by atoms with Crippen LogP contribution in [-0.2, 0) is 6.18 Å². The van der Waals surface area contributed by atoms with Crippen molar-refractivity contribution < 1.29 is 13.2 Å². The molecule has 0 aliphatic rings. The van der Waals surface area contributed by atoms with Crippen molar-refractivity contribution in [1.82, 2.24) is 9.97 Å². The summed E-state index contributed by atoms with van der Waals surface area (Å²) in [6, 6.07) is 0. The van der Waals surface area contributed by atoms with Crippen LogP contribution in [0.1, 0.15) is 18.3 Å². The van der Waals surface area contributed by atoms with E-state index in [2.05, 4.69) is 9.97 Å². The first kappa shape index (κ1) is 9.70. The van der Waals surface area contributed by atoms with Gasteiger partial charge in [-0.05, 0) is 13.0 Å². The number of hydrogen-bond donors (Lipinski definition) is 0. The second kappa shape index (κ2) is 3.55. The number of alkyl halides is 3. The Morgan fingerprint density at radius 3 is 2.31 bits per heavy atom. The highest BCUT2D eigenvalue weighted by molar-refractivity contribution is 5.42. The molecule has 0 atom stereocenters. The molecule has 0 unspecified atom stereocenters. The third-order valence-electron chi connectivity index (χ3n) is 1.30. The van der Waals surface area contributed by atoms with Crippen LogP contribution in [0.5, 0.6) is 0 Å². The van der Waals surface area contributed by atoms with Crippen molar-refractivity contribution in [3.8, 4) is 0 Å². The predicted octanol–water partition coefficient (Wildman–Crippen LogP) is 2.53. The van der Waals surface area contributed by atoms with Crippen LogP contribution in [0.4, 0.5) is 13.2 Å². The van der Waals surface area contributed by atoms with Gasteiger partial charge in [0.05, 0.1) is 18.1 Å². The first-order chi connectivity index (χ1) is 6.04. The van der Waals surface area contributed by atoms with E-state index in [1.165, 1.54) is 0 Å². The first-order valence-corrected chi connectivity index (χ1v) is 3.56. The van der Waals surface area contributed by atoms with Gasteiger partial charge in [-0.1, -0.05) is 6.08 Å². The Hall–Kier alpha value is -1.39. The third kappa shape index (κ3) is 2.54. The number of rotatable bonds is 1. The minimum Gasteiger partial charge on any atom is -0.253 e. The van der Waals surface area contributed by atoms with Crippen molar-refractivity contribution in [1.29, 1.82) is 0 Å². The van der Waals surface area contributed by atoms with E-state index < -0.39 is 11.9 Å². The van der Waals surface area contributed by atoms with E-state index in [0.717, 1.165) is 12.4 Å². The SMILES string of the molecule is C/C=C/c1cnc(C(F)(F)F)cn1. The summed E-state index contributed by atoms with van der Waals surface area (Å²) < 4.78 is 36.0. The maximum absolute atomic E-state index is 12.0. The molecule has 0 N–H and O–H groups in total. The topological polar surface area (TPSA) is 25.8 Å². The lowest BCUT2D eigenvalue weighted by molar-refractivity contribution is -0.141. The Kier molecular flexibility index (Phi) is 2.65. The van der Waals surface area contributed by atoms with Gasteiger partial charge in [-0.25, -0.2) is 4.98 Å². The highest BCUT2D eigenvalue weighted by Crippen LogP contribution is 2.26. The monoisotopic (exact) mass is 188 g/mol. The first-order valence-electron chi connectivity index (χ1n) is 3.56. The van der Waals surface area contributed by atoms with Crippen LogP contribution in [0.3, 0.4) is 0 Å². The molecule has 0 aromatic carbocycles. The van der Waals surface area contributed by atoms with Crippen molar-refractivity contribution in [2.24, 2.45) is 0 Å². The molecule has 70 valence electrons. The van der Waals surface area contributed by atoms with Crippen LogP contribution in [0.15, 0.2) is 18.5 Å². The lowest BCUT2D eigenvalue weighted by Crippen LogP contribution is -2.08. The standard InChI is InChI=1S/C8H7F3N2/c1-2-3-6-4-13-7(5-12-6)8(9,10)11/h2-5H,1H3/b3-2+. The van der Waals surface area contributed by atoms with Crippen LogP contribution in [-0.4, -0.2) is 9.97 Å². The molecule has 0 radical (unpaired) electrons. The van der Waals surface area contributed by atoms with Crippen molar-refractivity contribution in [2.45, 2.75) is 13.1 Å². The summed E-state index contributed by atoms with van der Waals surface area (Å²) in [7, 11) is 0. The van der Waals surface area contributed by atoms with Crippen molar-refractivity contribution in [2.75, 3.05) is 0 Å². The van der Waals surface area contributed by atoms with Gasteiger partial charge in [-0.15, -0.1) is 0 Å². The summed E-state index contributed by atoms with van der Waals surface area (Å²) >= 11 is 0. The maximum atomic E-state index is 12.0. The summed E-state index contributed by atoms with van der Waals surface area (Å²) in [5.74, 6) is 0. The molecule has 0 amide bonds. The van der Waals surface area contributed by atoms with Crippen molar-refractivity contribution in [3.05, 3.63) is 29.9 Å². The zero-order chi connectivity index (χ0) is 9.90. The molecule has 0 aliphatic heterocycles. The molecule has 1 heterocycles. The van der Waals surface area contributed by atoms with Crippen LogP contribution in [0.25, 0.3) is 6.08 Å². The molecule has 0 spiro atoms. The summed E-state index contributed by atoms with van der Waals surface area (Å²) in [6.45, 7) is 1.75. The molecular weight excluding hydrogens is 181 g/mol. The quantitative estimate of drug-likeness (QED) is 0.676. The second-order valence-electron chi connectivity index (χ2n) is 2.32. The van der Waals surface area contributed by atoms with E-state index >= 15 is 0 Å². The fourth-order valence-electron chi connectivity index (χ4n) is 0.741. The van der Waals surface area contributed by atoms with E-state index in [0.29, 0.717) is 5.69 Å². The molecule has 1 aromatic rings. The second-order valence-corrected chi connectivity index (χ2v) is 2.32. The molecule has 0 saturated carbocycles. The van der Waals surface area contributed by atoms with Crippen LogP contribution in [0, 0.1) is 0 Å². The number of nitrogens with zero attached hydrogens (tertiary/aromatic N) is 2. The molecule has 1 aromatic heterocycles. The number of halogens is 3. The smallest absolute Gasteiger partial charge is 0.253 e. The minimum atomic E-state index is -4.42. The van der Waals surface area contributed by atoms with Crippen LogP contribution in [0.2, 0.25) is 0 Å². The van der Waals surface area contributed by atoms with Gasteiger partial charge in [-0.2, -0.15) is 13.2 Å². The highest BCUT2D eigenvalue weighted by atomic mass is 19.4. The van der Waals surface area contributed by atoms with Crippen LogP contribution >= 0.6 is 0 Å². The maximum Gasteiger partial charge on any atom is 0.434 e. The van der Waals surface area contributed by atoms with Gasteiger partial charge in [0, 0.05) is 0 Å². The predicted molar refractivity (Wildman–Crippen MR) is 41.7 cm³/mol. The van der Waals surface area contributed by atoms with Gasteiger partial charge in [0.15, 0.2) is 5.69 Å². The Bertz CT molecular complexity index is 300. The van der Waals surface area contributed by atoms with Gasteiger partial charge in [0.1, 0.15) is 0 Å². The van der Waals surface area contributed by atoms with Crippen LogP contribution < -0.4 is 0 Å². The molecule has 1 rings (SSSR count). The summed E-state index contributed by atoms with van der Waals surface area (Å²) in [6.07, 6.45) is 0.643. The minimum absolute atomic E-state index is 0.413. The van der Waals surface area contributed by atoms with Gasteiger partial charge in [0.25, 0.3) is 0 Å². The summed E-state index contributed by atoms with van der Waals surface area (Å²) in [5, 5.41) is 0. The zero-order valence-corrected chi connectivity index (χ0v) is 6.84. The number of hydrogen-bond acceptors (Lipinski definition) is 2. The summed E-state index contributed by atoms with van der Waals surface area (Å²) in [4.78, 5) is 6.80. The Morgan fingerprint density at radius 2 is 1.92 bits per heavy atom. The average molecular weight is 188 g/mol. The van der Waals surface area contributed by atoms with Gasteiger partial charge < -0.3 is 0 Å². The lowest BCUT2D eigenvalue weighted by atomic mass is 10.4. The Morgan fingerprint density at radius 1 is 1.23 bits per heavy atom. The molecule has 0 aliphatic carbocycles. The fourth-order valence-corrected chi connectivity index (χ4v) is 0.741. The van der Waals surface area contributed by atoms with Crippen molar-refractivity contribution in [3.63, 3.8) is 0 Å². The zero-order valence-electron chi connectivity index (χ0n) is 6.84. The molecule has 5 heteroatoms. The lowest BCUT2D eigenvalue weighted by Gasteiger charge is -2.03. The van der Waals surface area contributed by atoms with Crippen molar-refractivity contribution >= 4 is 6.08 Å². The average Bonchev–Trinajstić information content (AvgIpc) is 2.04. The molecule has 0 saturated heterocycles. The van der Waals surface area contributed by atoms with E-state index in [-0.39, 0.29) is 0 Å². The van der Waals surface area contributed by atoms with Gasteiger partial charge in [-0.3, -0.25) is 4.98 Å². The van der Waals surface area contributed by atoms with E-state index in [1.54, 1.807) is 19.1 Å². The van der Waals surface area contributed by atoms with Gasteiger partial charge >= 0.3 is 6.18 Å². The van der Waals surface area contributed by atoms with E-state index in [4.69, 9.17) is 0 Å². The highest BCUT2D eigenvalue weighted by Gasteiger charge is 2.32. The number of aromatic nitrogens is 2. The molecule has 0 fully saturated rings. The number of allylic oxidation sites excluding steroid dienone is 1. The third-order valence-corrected chi connectivity index (χ3v) is 1.30. The Balaban J connectivity index is 2.94. The van der Waals surface area contributed by atoms with E-state index in [1.807, 2.05) is 0 Å². The fraction of sp³-hybridized carbons (Fsp3) is 0.250. The molecule has 13 heavy (non-hydrogen) atoms.